The van der Waals surface area contributed by atoms with Gasteiger partial charge in [0.2, 0.25) is 11.8 Å². The molecule has 2 N–H and O–H groups in total. The number of hydrogen-bond donors (Lipinski definition) is 2. The summed E-state index contributed by atoms with van der Waals surface area (Å²) in [6, 6.07) is 9.76. The number of piperidine rings is 1. The van der Waals surface area contributed by atoms with Gasteiger partial charge in [0.1, 0.15) is 0 Å². The van der Waals surface area contributed by atoms with Gasteiger partial charge in [-0.2, -0.15) is 0 Å². The highest BCUT2D eigenvalue weighted by Crippen LogP contribution is 2.11. The van der Waals surface area contributed by atoms with Crippen LogP contribution in [0.2, 0.25) is 0 Å². The monoisotopic (exact) mass is 317 g/mol. The van der Waals surface area contributed by atoms with Crippen molar-refractivity contribution in [3.05, 3.63) is 30.3 Å². The second kappa shape index (κ2) is 9.30. The highest BCUT2D eigenvalue weighted by atomic mass is 16.2. The van der Waals surface area contributed by atoms with E-state index in [1.165, 1.54) is 0 Å². The lowest BCUT2D eigenvalue weighted by atomic mass is 10.0. The Balaban J connectivity index is 1.66. The maximum Gasteiger partial charge on any atom is 0.238 e. The zero-order valence-corrected chi connectivity index (χ0v) is 13.9. The van der Waals surface area contributed by atoms with Crippen molar-refractivity contribution in [1.82, 2.24) is 10.2 Å². The van der Waals surface area contributed by atoms with E-state index in [4.69, 9.17) is 0 Å². The van der Waals surface area contributed by atoms with Crippen LogP contribution in [-0.2, 0) is 9.59 Å². The molecule has 1 aromatic carbocycles. The molecule has 0 bridgehead atoms. The van der Waals surface area contributed by atoms with E-state index in [9.17, 15) is 9.59 Å². The van der Waals surface area contributed by atoms with E-state index in [0.717, 1.165) is 44.5 Å². The minimum atomic E-state index is 0.0154. The highest BCUT2D eigenvalue weighted by molar-refractivity contribution is 5.92. The summed E-state index contributed by atoms with van der Waals surface area (Å²) in [5.41, 5.74) is 0.829. The first kappa shape index (κ1) is 17.5. The summed E-state index contributed by atoms with van der Waals surface area (Å²) in [4.78, 5) is 25.9. The Bertz CT molecular complexity index is 496. The molecule has 1 aliphatic heterocycles. The predicted octanol–water partition coefficient (Wildman–Crippen LogP) is 2.40. The van der Waals surface area contributed by atoms with Crippen molar-refractivity contribution in [2.24, 2.45) is 0 Å². The first-order valence-corrected chi connectivity index (χ1v) is 8.54. The number of likely N-dealkylation sites (tertiary alicyclic amines) is 1. The average Bonchev–Trinajstić information content (AvgIpc) is 2.55. The molecule has 0 aliphatic carbocycles. The Kier molecular flexibility index (Phi) is 7.07. The fraction of sp³-hybridized carbons (Fsp3) is 0.556. The number of para-hydroxylation sites is 1. The molecule has 0 aromatic heterocycles. The Morgan fingerprint density at radius 1 is 1.13 bits per heavy atom. The molecule has 0 unspecified atom stereocenters. The van der Waals surface area contributed by atoms with Crippen molar-refractivity contribution in [2.75, 3.05) is 25.0 Å². The molecule has 23 heavy (non-hydrogen) atoms. The van der Waals surface area contributed by atoms with Crippen LogP contribution in [0.15, 0.2) is 30.3 Å². The molecule has 0 radical (unpaired) electrons. The summed E-state index contributed by atoms with van der Waals surface area (Å²) in [6.45, 7) is 4.19. The third-order valence-corrected chi connectivity index (χ3v) is 4.13. The van der Waals surface area contributed by atoms with E-state index in [2.05, 4.69) is 22.5 Å². The van der Waals surface area contributed by atoms with Gasteiger partial charge in [-0.25, -0.2) is 0 Å². The van der Waals surface area contributed by atoms with Gasteiger partial charge in [-0.1, -0.05) is 31.5 Å². The van der Waals surface area contributed by atoms with Gasteiger partial charge in [-0.15, -0.1) is 0 Å². The second-order valence-corrected chi connectivity index (χ2v) is 6.14. The largest absolute Gasteiger partial charge is 0.353 e. The number of benzene rings is 1. The van der Waals surface area contributed by atoms with Crippen molar-refractivity contribution < 1.29 is 9.59 Å². The quantitative estimate of drug-likeness (QED) is 0.812. The summed E-state index contributed by atoms with van der Waals surface area (Å²) in [5, 5.41) is 6.01. The number of hydrogen-bond acceptors (Lipinski definition) is 3. The van der Waals surface area contributed by atoms with Gasteiger partial charge in [0.05, 0.1) is 6.54 Å². The SMILES string of the molecule is CCCCC(=O)NC1CCN(CC(=O)Nc2ccccc2)CC1. The fourth-order valence-corrected chi connectivity index (χ4v) is 2.80. The van der Waals surface area contributed by atoms with E-state index >= 15 is 0 Å². The van der Waals surface area contributed by atoms with E-state index in [0.29, 0.717) is 13.0 Å². The molecular weight excluding hydrogens is 290 g/mol. The summed E-state index contributed by atoms with van der Waals surface area (Å²) in [5.74, 6) is 0.175. The standard InChI is InChI=1S/C18H27N3O2/c1-2-3-9-17(22)19-16-10-12-21(13-11-16)14-18(23)20-15-7-5-4-6-8-15/h4-8,16H,2-3,9-14H2,1H3,(H,19,22)(H,20,23). The average molecular weight is 317 g/mol. The van der Waals surface area contributed by atoms with Crippen LogP contribution in [0.3, 0.4) is 0 Å². The van der Waals surface area contributed by atoms with Crippen LogP contribution in [0.1, 0.15) is 39.0 Å². The Hall–Kier alpha value is -1.88. The van der Waals surface area contributed by atoms with Gasteiger partial charge >= 0.3 is 0 Å². The third-order valence-electron chi connectivity index (χ3n) is 4.13. The van der Waals surface area contributed by atoms with Gasteiger partial charge in [0, 0.05) is 31.2 Å². The lowest BCUT2D eigenvalue weighted by molar-refractivity contribution is -0.122. The molecule has 1 fully saturated rings. The molecule has 1 aliphatic rings. The van der Waals surface area contributed by atoms with Crippen LogP contribution in [0.5, 0.6) is 0 Å². The molecule has 0 spiro atoms. The molecular formula is C18H27N3O2. The Labute approximate surface area is 138 Å². The Morgan fingerprint density at radius 3 is 2.48 bits per heavy atom. The lowest BCUT2D eigenvalue weighted by Crippen LogP contribution is -2.46. The molecule has 2 rings (SSSR count). The number of amides is 2. The maximum atomic E-state index is 12.0. The van der Waals surface area contributed by atoms with Crippen molar-refractivity contribution in [3.63, 3.8) is 0 Å². The number of unbranched alkanes of at least 4 members (excludes halogenated alkanes) is 1. The molecule has 1 heterocycles. The highest BCUT2D eigenvalue weighted by Gasteiger charge is 2.21. The molecule has 5 heteroatoms. The van der Waals surface area contributed by atoms with Crippen LogP contribution in [0, 0.1) is 0 Å². The van der Waals surface area contributed by atoms with Gasteiger partial charge < -0.3 is 10.6 Å². The van der Waals surface area contributed by atoms with Crippen LogP contribution < -0.4 is 10.6 Å². The number of anilines is 1. The number of carbonyl (C=O) groups excluding carboxylic acids is 2. The molecule has 5 nitrogen and oxygen atoms in total. The van der Waals surface area contributed by atoms with Gasteiger partial charge in [-0.05, 0) is 31.4 Å². The van der Waals surface area contributed by atoms with Crippen molar-refractivity contribution in [2.45, 2.75) is 45.1 Å². The lowest BCUT2D eigenvalue weighted by Gasteiger charge is -2.31. The number of nitrogens with zero attached hydrogens (tertiary/aromatic N) is 1. The van der Waals surface area contributed by atoms with Crippen LogP contribution in [-0.4, -0.2) is 42.4 Å². The first-order chi connectivity index (χ1) is 11.2. The maximum absolute atomic E-state index is 12.0. The Morgan fingerprint density at radius 2 is 1.83 bits per heavy atom. The third kappa shape index (κ3) is 6.40. The molecule has 126 valence electrons. The molecule has 2 amide bonds. The van der Waals surface area contributed by atoms with Crippen LogP contribution in [0.25, 0.3) is 0 Å². The minimum Gasteiger partial charge on any atom is -0.353 e. The van der Waals surface area contributed by atoms with E-state index in [-0.39, 0.29) is 17.9 Å². The van der Waals surface area contributed by atoms with Crippen molar-refractivity contribution in [3.8, 4) is 0 Å². The smallest absolute Gasteiger partial charge is 0.238 e. The van der Waals surface area contributed by atoms with E-state index < -0.39 is 0 Å². The summed E-state index contributed by atoms with van der Waals surface area (Å²) in [7, 11) is 0. The normalized spacial score (nSPS) is 16.0. The molecule has 0 atom stereocenters. The molecule has 1 aromatic rings. The zero-order valence-electron chi connectivity index (χ0n) is 13.9. The van der Waals surface area contributed by atoms with Gasteiger partial charge in [0.25, 0.3) is 0 Å². The number of nitrogens with one attached hydrogen (secondary N) is 2. The summed E-state index contributed by atoms with van der Waals surface area (Å²) < 4.78 is 0. The fourth-order valence-electron chi connectivity index (χ4n) is 2.80. The molecule has 0 saturated carbocycles. The number of carbonyl (C=O) groups is 2. The van der Waals surface area contributed by atoms with E-state index in [1.807, 2.05) is 30.3 Å². The summed E-state index contributed by atoms with van der Waals surface area (Å²) in [6.07, 6.45) is 4.44. The minimum absolute atomic E-state index is 0.0154. The number of rotatable bonds is 7. The predicted molar refractivity (Wildman–Crippen MR) is 92.2 cm³/mol. The van der Waals surface area contributed by atoms with Crippen LogP contribution >= 0.6 is 0 Å². The van der Waals surface area contributed by atoms with Crippen LogP contribution in [0.4, 0.5) is 5.69 Å². The van der Waals surface area contributed by atoms with E-state index in [1.54, 1.807) is 0 Å². The topological polar surface area (TPSA) is 61.4 Å². The zero-order chi connectivity index (χ0) is 16.5. The molecule has 1 saturated heterocycles. The van der Waals surface area contributed by atoms with Crippen molar-refractivity contribution >= 4 is 17.5 Å². The second-order valence-electron chi connectivity index (χ2n) is 6.14. The first-order valence-electron chi connectivity index (χ1n) is 8.54. The summed E-state index contributed by atoms with van der Waals surface area (Å²) >= 11 is 0. The van der Waals surface area contributed by atoms with Crippen molar-refractivity contribution in [1.29, 1.82) is 0 Å². The van der Waals surface area contributed by atoms with Gasteiger partial charge in [0.15, 0.2) is 0 Å². The van der Waals surface area contributed by atoms with Gasteiger partial charge in [-0.3, -0.25) is 14.5 Å².